The topological polar surface area (TPSA) is 96.0 Å². The van der Waals surface area contributed by atoms with Crippen LogP contribution >= 0.6 is 0 Å². The molecular weight excluding hydrogens is 362 g/mol. The van der Waals surface area contributed by atoms with E-state index in [9.17, 15) is 19.2 Å². The van der Waals surface area contributed by atoms with Crippen LogP contribution in [-0.4, -0.2) is 53.2 Å². The molecule has 0 spiro atoms. The van der Waals surface area contributed by atoms with E-state index in [0.29, 0.717) is 18.6 Å². The Morgan fingerprint density at radius 2 is 1.82 bits per heavy atom. The minimum absolute atomic E-state index is 0.252. The molecule has 1 aliphatic carbocycles. The molecule has 1 saturated carbocycles. The summed E-state index contributed by atoms with van der Waals surface area (Å²) in [4.78, 5) is 51.4. The predicted molar refractivity (Wildman–Crippen MR) is 100 cm³/mol. The first-order chi connectivity index (χ1) is 13.4. The first kappa shape index (κ1) is 19.9. The van der Waals surface area contributed by atoms with Gasteiger partial charge in [0.25, 0.3) is 0 Å². The quantitative estimate of drug-likeness (QED) is 0.595. The molecule has 28 heavy (non-hydrogen) atoms. The van der Waals surface area contributed by atoms with E-state index in [1.165, 1.54) is 0 Å². The van der Waals surface area contributed by atoms with Crippen LogP contribution in [0.5, 0.6) is 5.75 Å². The number of nitrogens with one attached hydrogen (secondary N) is 1. The number of benzene rings is 1. The molecule has 1 aromatic rings. The van der Waals surface area contributed by atoms with Crippen molar-refractivity contribution in [2.24, 2.45) is 0 Å². The molecule has 2 fully saturated rings. The molecule has 1 aliphatic heterocycles. The molecule has 8 nitrogen and oxygen atoms in total. The second-order valence-electron chi connectivity index (χ2n) is 7.17. The monoisotopic (exact) mass is 387 g/mol. The molecule has 2 aliphatic rings. The first-order valence-electron chi connectivity index (χ1n) is 9.55. The molecule has 1 atom stereocenters. The summed E-state index contributed by atoms with van der Waals surface area (Å²) in [5, 5.41) is 2.75. The van der Waals surface area contributed by atoms with Gasteiger partial charge in [0.05, 0.1) is 13.2 Å². The maximum atomic E-state index is 12.6. The largest absolute Gasteiger partial charge is 0.496 e. The fourth-order valence-electron chi connectivity index (χ4n) is 3.86. The number of carbonyl (C=O) groups is 4. The second-order valence-corrected chi connectivity index (χ2v) is 7.17. The third-order valence-corrected chi connectivity index (χ3v) is 5.31. The standard InChI is InChI=1S/C20H25N3O5/c1-13(15-10-6-7-11-16(15)28-2)21-17(24)12-22-18(25)19(26)23(20(22)27)14-8-4-3-5-9-14/h6-7,10-11,13-14H,3-5,8-9,12H2,1-2H3,(H,21,24). The van der Waals surface area contributed by atoms with E-state index in [4.69, 9.17) is 4.74 Å². The van der Waals surface area contributed by atoms with Crippen LogP contribution in [0, 0.1) is 0 Å². The molecule has 0 bridgehead atoms. The van der Waals surface area contributed by atoms with E-state index in [1.54, 1.807) is 20.1 Å². The van der Waals surface area contributed by atoms with E-state index in [1.807, 2.05) is 18.2 Å². The zero-order valence-corrected chi connectivity index (χ0v) is 16.1. The first-order valence-corrected chi connectivity index (χ1v) is 9.55. The molecule has 1 heterocycles. The summed E-state index contributed by atoms with van der Waals surface area (Å²) in [5.41, 5.74) is 0.775. The van der Waals surface area contributed by atoms with Gasteiger partial charge in [0.1, 0.15) is 12.3 Å². The number of hydrogen-bond acceptors (Lipinski definition) is 5. The summed E-state index contributed by atoms with van der Waals surface area (Å²) >= 11 is 0. The van der Waals surface area contributed by atoms with Crippen molar-refractivity contribution < 1.29 is 23.9 Å². The highest BCUT2D eigenvalue weighted by atomic mass is 16.5. The van der Waals surface area contributed by atoms with Gasteiger partial charge in [-0.2, -0.15) is 0 Å². The number of nitrogens with zero attached hydrogens (tertiary/aromatic N) is 2. The molecule has 1 saturated heterocycles. The Bertz CT molecular complexity index is 788. The molecule has 0 radical (unpaired) electrons. The predicted octanol–water partition coefficient (Wildman–Crippen LogP) is 2.00. The summed E-state index contributed by atoms with van der Waals surface area (Å²) in [6, 6.07) is 5.93. The number of amides is 5. The Kier molecular flexibility index (Phi) is 5.96. The highest BCUT2D eigenvalue weighted by Gasteiger charge is 2.48. The number of para-hydroxylation sites is 1. The Hall–Kier alpha value is -2.90. The minimum Gasteiger partial charge on any atom is -0.496 e. The summed E-state index contributed by atoms with van der Waals surface area (Å²) < 4.78 is 5.29. The molecule has 8 heteroatoms. The highest BCUT2D eigenvalue weighted by molar-refractivity contribution is 6.45. The van der Waals surface area contributed by atoms with Gasteiger partial charge in [-0.25, -0.2) is 9.69 Å². The Balaban J connectivity index is 1.65. The lowest BCUT2D eigenvalue weighted by Gasteiger charge is -2.28. The zero-order chi connectivity index (χ0) is 20.3. The second kappa shape index (κ2) is 8.41. The van der Waals surface area contributed by atoms with Gasteiger partial charge in [0, 0.05) is 11.6 Å². The van der Waals surface area contributed by atoms with E-state index in [0.717, 1.165) is 34.6 Å². The molecular formula is C20H25N3O5. The van der Waals surface area contributed by atoms with Crippen LogP contribution in [0.15, 0.2) is 24.3 Å². The van der Waals surface area contributed by atoms with E-state index < -0.39 is 30.3 Å². The van der Waals surface area contributed by atoms with Crippen molar-refractivity contribution in [1.29, 1.82) is 0 Å². The fourth-order valence-corrected chi connectivity index (χ4v) is 3.86. The number of urea groups is 1. The molecule has 1 unspecified atom stereocenters. The summed E-state index contributed by atoms with van der Waals surface area (Å²) in [5.74, 6) is -1.65. The number of rotatable bonds is 6. The summed E-state index contributed by atoms with van der Waals surface area (Å²) in [6.07, 6.45) is 4.32. The molecule has 5 amide bonds. The third-order valence-electron chi connectivity index (χ3n) is 5.31. The van der Waals surface area contributed by atoms with Crippen LogP contribution in [0.1, 0.15) is 50.6 Å². The maximum absolute atomic E-state index is 12.6. The van der Waals surface area contributed by atoms with E-state index >= 15 is 0 Å². The van der Waals surface area contributed by atoms with Gasteiger partial charge in [-0.15, -0.1) is 0 Å². The van der Waals surface area contributed by atoms with Gasteiger partial charge in [-0.3, -0.25) is 19.3 Å². The van der Waals surface area contributed by atoms with Gasteiger partial charge >= 0.3 is 17.8 Å². The van der Waals surface area contributed by atoms with Gasteiger partial charge in [-0.1, -0.05) is 37.5 Å². The molecule has 3 rings (SSSR count). The Morgan fingerprint density at radius 3 is 2.50 bits per heavy atom. The molecule has 1 aromatic carbocycles. The number of imide groups is 2. The molecule has 150 valence electrons. The van der Waals surface area contributed by atoms with Crippen molar-refractivity contribution in [2.45, 2.75) is 51.1 Å². The SMILES string of the molecule is COc1ccccc1C(C)NC(=O)CN1C(=O)C(=O)N(C2CCCCC2)C1=O. The summed E-state index contributed by atoms with van der Waals surface area (Å²) in [6.45, 7) is 1.30. The van der Waals surface area contributed by atoms with Crippen molar-refractivity contribution >= 4 is 23.8 Å². The highest BCUT2D eigenvalue weighted by Crippen LogP contribution is 2.27. The maximum Gasteiger partial charge on any atom is 0.334 e. The van der Waals surface area contributed by atoms with Gasteiger partial charge in [0.2, 0.25) is 5.91 Å². The van der Waals surface area contributed by atoms with Gasteiger partial charge < -0.3 is 10.1 Å². The third kappa shape index (κ3) is 3.85. The van der Waals surface area contributed by atoms with Crippen molar-refractivity contribution in [3.05, 3.63) is 29.8 Å². The van der Waals surface area contributed by atoms with E-state index in [2.05, 4.69) is 5.32 Å². The average Bonchev–Trinajstić information content (AvgIpc) is 2.91. The van der Waals surface area contributed by atoms with Crippen molar-refractivity contribution in [3.63, 3.8) is 0 Å². The number of methoxy groups -OCH3 is 1. The van der Waals surface area contributed by atoms with Crippen LogP contribution < -0.4 is 10.1 Å². The average molecular weight is 387 g/mol. The molecule has 0 aromatic heterocycles. The lowest BCUT2D eigenvalue weighted by atomic mass is 9.94. The van der Waals surface area contributed by atoms with Crippen LogP contribution in [0.3, 0.4) is 0 Å². The van der Waals surface area contributed by atoms with Crippen molar-refractivity contribution in [1.82, 2.24) is 15.1 Å². The van der Waals surface area contributed by atoms with E-state index in [-0.39, 0.29) is 12.1 Å². The number of hydrogen-bond donors (Lipinski definition) is 1. The molecule has 1 N–H and O–H groups in total. The fraction of sp³-hybridized carbons (Fsp3) is 0.500. The van der Waals surface area contributed by atoms with Crippen molar-refractivity contribution in [3.8, 4) is 5.75 Å². The lowest BCUT2D eigenvalue weighted by molar-refractivity contribution is -0.144. The van der Waals surface area contributed by atoms with Crippen LogP contribution in [0.4, 0.5) is 4.79 Å². The Morgan fingerprint density at radius 1 is 1.14 bits per heavy atom. The van der Waals surface area contributed by atoms with Gasteiger partial charge in [0.15, 0.2) is 0 Å². The van der Waals surface area contributed by atoms with Crippen LogP contribution in [0.25, 0.3) is 0 Å². The summed E-state index contributed by atoms with van der Waals surface area (Å²) in [7, 11) is 1.54. The van der Waals surface area contributed by atoms with Crippen LogP contribution in [0.2, 0.25) is 0 Å². The smallest absolute Gasteiger partial charge is 0.334 e. The minimum atomic E-state index is -0.935. The Labute approximate surface area is 163 Å². The van der Waals surface area contributed by atoms with Crippen molar-refractivity contribution in [2.75, 3.05) is 13.7 Å². The number of carbonyl (C=O) groups excluding carboxylic acids is 4. The van der Waals surface area contributed by atoms with Gasteiger partial charge in [-0.05, 0) is 25.8 Å². The zero-order valence-electron chi connectivity index (χ0n) is 16.1. The normalized spacial score (nSPS) is 19.1. The van der Waals surface area contributed by atoms with Crippen LogP contribution in [-0.2, 0) is 14.4 Å². The lowest BCUT2D eigenvalue weighted by Crippen LogP contribution is -2.44. The number of ether oxygens (including phenoxy) is 1.